The summed E-state index contributed by atoms with van der Waals surface area (Å²) < 4.78 is 16.0. The van der Waals surface area contributed by atoms with Crippen LogP contribution in [0.3, 0.4) is 0 Å². The number of hydrogen-bond acceptors (Lipinski definition) is 5. The largest absolute Gasteiger partial charge is 0.494 e. The standard InChI is InChI=1S/C23H27NO4/c1-3-27-13-4-14-28-21-8-5-17(6-9-21)18-7-10-22-20(15-18)16-19(11-12-24-22)23(25)26-2/h5-10,15-16,24H,3-4,11-14H2,1-2H3. The normalized spacial score (nSPS) is 13.0. The molecule has 0 unspecified atom stereocenters. The lowest BCUT2D eigenvalue weighted by molar-refractivity contribution is -0.136. The Kier molecular flexibility index (Phi) is 7.09. The van der Waals surface area contributed by atoms with Crippen molar-refractivity contribution in [3.63, 3.8) is 0 Å². The number of rotatable bonds is 8. The molecule has 1 heterocycles. The van der Waals surface area contributed by atoms with Crippen LogP contribution in [0, 0.1) is 0 Å². The highest BCUT2D eigenvalue weighted by Gasteiger charge is 2.15. The monoisotopic (exact) mass is 381 g/mol. The zero-order valence-electron chi connectivity index (χ0n) is 16.5. The van der Waals surface area contributed by atoms with Gasteiger partial charge in [0, 0.05) is 37.4 Å². The molecular weight excluding hydrogens is 354 g/mol. The zero-order valence-corrected chi connectivity index (χ0v) is 16.5. The lowest BCUT2D eigenvalue weighted by atomic mass is 10.0. The highest BCUT2D eigenvalue weighted by molar-refractivity contribution is 5.95. The first-order valence-electron chi connectivity index (χ1n) is 9.69. The first kappa shape index (κ1) is 20.0. The van der Waals surface area contributed by atoms with Gasteiger partial charge < -0.3 is 19.5 Å². The van der Waals surface area contributed by atoms with Crippen molar-refractivity contribution in [3.05, 3.63) is 53.6 Å². The number of esters is 1. The lowest BCUT2D eigenvalue weighted by Crippen LogP contribution is -2.07. The molecule has 1 aliphatic heterocycles. The van der Waals surface area contributed by atoms with Gasteiger partial charge in [-0.15, -0.1) is 0 Å². The Hall–Kier alpha value is -2.79. The first-order chi connectivity index (χ1) is 13.7. The fourth-order valence-corrected chi connectivity index (χ4v) is 3.15. The van der Waals surface area contributed by atoms with E-state index in [0.29, 0.717) is 25.1 Å². The number of carbonyl (C=O) groups excluding carboxylic acids is 1. The molecule has 0 saturated heterocycles. The summed E-state index contributed by atoms with van der Waals surface area (Å²) in [7, 11) is 1.42. The molecule has 148 valence electrons. The van der Waals surface area contributed by atoms with Gasteiger partial charge >= 0.3 is 5.97 Å². The number of nitrogens with one attached hydrogen (secondary N) is 1. The van der Waals surface area contributed by atoms with Crippen LogP contribution >= 0.6 is 0 Å². The molecule has 0 radical (unpaired) electrons. The number of hydrogen-bond donors (Lipinski definition) is 1. The molecule has 0 aliphatic carbocycles. The molecule has 5 heteroatoms. The summed E-state index contributed by atoms with van der Waals surface area (Å²) in [6.45, 7) is 4.80. The Morgan fingerprint density at radius 2 is 1.86 bits per heavy atom. The topological polar surface area (TPSA) is 56.8 Å². The lowest BCUT2D eigenvalue weighted by Gasteiger charge is -2.10. The van der Waals surface area contributed by atoms with Gasteiger partial charge in [-0.3, -0.25) is 0 Å². The predicted octanol–water partition coefficient (Wildman–Crippen LogP) is 4.53. The van der Waals surface area contributed by atoms with Gasteiger partial charge in [-0.05, 0) is 60.4 Å². The van der Waals surface area contributed by atoms with Crippen LogP contribution in [0.25, 0.3) is 17.2 Å². The summed E-state index contributed by atoms with van der Waals surface area (Å²) in [6, 6.07) is 14.3. The molecule has 0 atom stereocenters. The summed E-state index contributed by atoms with van der Waals surface area (Å²) in [5.74, 6) is 0.579. The molecule has 2 aromatic rings. The maximum atomic E-state index is 11.9. The van der Waals surface area contributed by atoms with Gasteiger partial charge in [0.05, 0.1) is 13.7 Å². The molecule has 0 aromatic heterocycles. The molecule has 1 N–H and O–H groups in total. The quantitative estimate of drug-likeness (QED) is 0.538. The second kappa shape index (κ2) is 9.95. The molecule has 2 aromatic carbocycles. The van der Waals surface area contributed by atoms with Crippen LogP contribution < -0.4 is 10.1 Å². The van der Waals surface area contributed by atoms with Crippen molar-refractivity contribution < 1.29 is 19.0 Å². The predicted molar refractivity (Wildman–Crippen MR) is 112 cm³/mol. The fraction of sp³-hybridized carbons (Fsp3) is 0.348. The van der Waals surface area contributed by atoms with Crippen LogP contribution in [0.15, 0.2) is 48.0 Å². The van der Waals surface area contributed by atoms with E-state index in [-0.39, 0.29) is 5.97 Å². The van der Waals surface area contributed by atoms with E-state index in [2.05, 4.69) is 35.6 Å². The summed E-state index contributed by atoms with van der Waals surface area (Å²) in [6.07, 6.45) is 3.44. The molecule has 0 saturated carbocycles. The third-order valence-electron chi connectivity index (χ3n) is 4.63. The molecule has 0 fully saturated rings. The highest BCUT2D eigenvalue weighted by Crippen LogP contribution is 2.30. The highest BCUT2D eigenvalue weighted by atomic mass is 16.5. The summed E-state index contributed by atoms with van der Waals surface area (Å²) in [4.78, 5) is 11.9. The summed E-state index contributed by atoms with van der Waals surface area (Å²) in [5.41, 5.74) is 4.89. The van der Waals surface area contributed by atoms with Crippen LogP contribution in [0.5, 0.6) is 5.75 Å². The summed E-state index contributed by atoms with van der Waals surface area (Å²) in [5, 5.41) is 3.37. The molecule has 0 amide bonds. The van der Waals surface area contributed by atoms with Crippen LogP contribution in [-0.2, 0) is 14.3 Å². The molecule has 0 spiro atoms. The van der Waals surface area contributed by atoms with Crippen LogP contribution in [-0.4, -0.2) is 39.4 Å². The van der Waals surface area contributed by atoms with Gasteiger partial charge in [0.15, 0.2) is 0 Å². The Balaban J connectivity index is 1.72. The average molecular weight is 381 g/mol. The van der Waals surface area contributed by atoms with Crippen molar-refractivity contribution in [1.29, 1.82) is 0 Å². The number of benzene rings is 2. The molecule has 1 aliphatic rings. The Morgan fingerprint density at radius 3 is 2.61 bits per heavy atom. The van der Waals surface area contributed by atoms with Gasteiger partial charge in [0.2, 0.25) is 0 Å². The minimum atomic E-state index is -0.272. The molecular formula is C23H27NO4. The number of carbonyl (C=O) groups is 1. The molecule has 3 rings (SSSR count). The third kappa shape index (κ3) is 5.14. The Labute approximate surface area is 166 Å². The van der Waals surface area contributed by atoms with E-state index in [1.165, 1.54) is 7.11 Å². The van der Waals surface area contributed by atoms with Crippen molar-refractivity contribution in [2.75, 3.05) is 38.8 Å². The van der Waals surface area contributed by atoms with E-state index in [9.17, 15) is 4.79 Å². The van der Waals surface area contributed by atoms with E-state index in [1.54, 1.807) is 0 Å². The number of methoxy groups -OCH3 is 1. The van der Waals surface area contributed by atoms with Crippen molar-refractivity contribution >= 4 is 17.7 Å². The van der Waals surface area contributed by atoms with Crippen molar-refractivity contribution in [2.45, 2.75) is 19.8 Å². The SMILES string of the molecule is CCOCCCOc1ccc(-c2ccc3c(c2)C=C(C(=O)OC)CCN3)cc1. The molecule has 0 bridgehead atoms. The van der Waals surface area contributed by atoms with Crippen molar-refractivity contribution in [2.24, 2.45) is 0 Å². The van der Waals surface area contributed by atoms with Gasteiger partial charge in [0.25, 0.3) is 0 Å². The second-order valence-corrected chi connectivity index (χ2v) is 6.56. The maximum absolute atomic E-state index is 11.9. The number of anilines is 1. The third-order valence-corrected chi connectivity index (χ3v) is 4.63. The average Bonchev–Trinajstić information content (AvgIpc) is 2.95. The van der Waals surface area contributed by atoms with E-state index in [0.717, 1.165) is 47.8 Å². The van der Waals surface area contributed by atoms with E-state index >= 15 is 0 Å². The van der Waals surface area contributed by atoms with Gasteiger partial charge in [-0.25, -0.2) is 4.79 Å². The van der Waals surface area contributed by atoms with E-state index in [4.69, 9.17) is 14.2 Å². The zero-order chi connectivity index (χ0) is 19.8. The van der Waals surface area contributed by atoms with Crippen LogP contribution in [0.2, 0.25) is 0 Å². The second-order valence-electron chi connectivity index (χ2n) is 6.56. The van der Waals surface area contributed by atoms with Gasteiger partial charge in [0.1, 0.15) is 5.75 Å². The van der Waals surface area contributed by atoms with Crippen molar-refractivity contribution in [3.8, 4) is 16.9 Å². The first-order valence-corrected chi connectivity index (χ1v) is 9.69. The van der Waals surface area contributed by atoms with Crippen LogP contribution in [0.1, 0.15) is 25.3 Å². The summed E-state index contributed by atoms with van der Waals surface area (Å²) >= 11 is 0. The Morgan fingerprint density at radius 1 is 1.07 bits per heavy atom. The smallest absolute Gasteiger partial charge is 0.333 e. The van der Waals surface area contributed by atoms with Gasteiger partial charge in [-0.1, -0.05) is 18.2 Å². The van der Waals surface area contributed by atoms with E-state index in [1.807, 2.05) is 25.1 Å². The van der Waals surface area contributed by atoms with Gasteiger partial charge in [-0.2, -0.15) is 0 Å². The van der Waals surface area contributed by atoms with Crippen LogP contribution in [0.4, 0.5) is 5.69 Å². The number of fused-ring (bicyclic) bond motifs is 1. The maximum Gasteiger partial charge on any atom is 0.333 e. The minimum Gasteiger partial charge on any atom is -0.494 e. The van der Waals surface area contributed by atoms with E-state index < -0.39 is 0 Å². The molecule has 5 nitrogen and oxygen atoms in total. The fourth-order valence-electron chi connectivity index (χ4n) is 3.15. The number of ether oxygens (including phenoxy) is 3. The Bertz CT molecular complexity index is 827. The van der Waals surface area contributed by atoms with Crippen molar-refractivity contribution in [1.82, 2.24) is 0 Å². The molecule has 28 heavy (non-hydrogen) atoms. The minimum absolute atomic E-state index is 0.272.